The van der Waals surface area contributed by atoms with E-state index in [1.807, 2.05) is 32.0 Å². The number of halogens is 1. The minimum Gasteiger partial charge on any atom is -0.239 e. The van der Waals surface area contributed by atoms with E-state index in [1.165, 1.54) is 5.56 Å². The zero-order chi connectivity index (χ0) is 15.5. The summed E-state index contributed by atoms with van der Waals surface area (Å²) >= 11 is 0. The van der Waals surface area contributed by atoms with Crippen LogP contribution in [0.15, 0.2) is 48.6 Å². The molecule has 0 aliphatic heterocycles. The van der Waals surface area contributed by atoms with Crippen molar-refractivity contribution >= 4 is 0 Å². The lowest BCUT2D eigenvalue weighted by molar-refractivity contribution is 0.221. The summed E-state index contributed by atoms with van der Waals surface area (Å²) in [7, 11) is 0. The van der Waals surface area contributed by atoms with Gasteiger partial charge in [-0.15, -0.1) is 0 Å². The topological polar surface area (TPSA) is 0 Å². The molecule has 0 saturated heterocycles. The van der Waals surface area contributed by atoms with Crippen LogP contribution in [0.5, 0.6) is 0 Å². The molecule has 1 aromatic rings. The molecular weight excluding hydrogens is 247 g/mol. The van der Waals surface area contributed by atoms with Gasteiger partial charge in [-0.05, 0) is 51.2 Å². The lowest BCUT2D eigenvalue weighted by Crippen LogP contribution is -2.16. The van der Waals surface area contributed by atoms with Crippen LogP contribution in [0, 0.1) is 5.92 Å². The second-order valence-electron chi connectivity index (χ2n) is 6.28. The van der Waals surface area contributed by atoms with E-state index in [-0.39, 0.29) is 5.92 Å². The molecule has 1 atom stereocenters. The summed E-state index contributed by atoms with van der Waals surface area (Å²) in [4.78, 5) is 0. The molecule has 0 radical (unpaired) electrons. The van der Waals surface area contributed by atoms with Crippen molar-refractivity contribution in [2.75, 3.05) is 0 Å². The highest BCUT2D eigenvalue weighted by Crippen LogP contribution is 2.38. The molecular formula is C19H27F. The smallest absolute Gasteiger partial charge is 0.130 e. The number of hydrogen-bond donors (Lipinski definition) is 0. The van der Waals surface area contributed by atoms with E-state index in [0.717, 1.165) is 23.1 Å². The zero-order valence-electron chi connectivity index (χ0n) is 13.5. The summed E-state index contributed by atoms with van der Waals surface area (Å²) < 4.78 is 14.2. The zero-order valence-corrected chi connectivity index (χ0v) is 13.5. The Labute approximate surface area is 123 Å². The summed E-state index contributed by atoms with van der Waals surface area (Å²) in [5.74, 6) is 0.560. The second kappa shape index (κ2) is 6.39. The molecule has 1 unspecified atom stereocenters. The maximum atomic E-state index is 14.2. The molecule has 0 aromatic heterocycles. The number of hydrogen-bond acceptors (Lipinski definition) is 0. The Morgan fingerprint density at radius 2 is 1.75 bits per heavy atom. The molecule has 20 heavy (non-hydrogen) atoms. The van der Waals surface area contributed by atoms with Crippen molar-refractivity contribution in [1.82, 2.24) is 0 Å². The predicted octanol–water partition coefficient (Wildman–Crippen LogP) is 6.15. The highest BCUT2D eigenvalue weighted by molar-refractivity contribution is 5.33. The molecule has 0 aliphatic carbocycles. The average molecular weight is 274 g/mol. The van der Waals surface area contributed by atoms with E-state index in [2.05, 4.69) is 26.1 Å². The van der Waals surface area contributed by atoms with Crippen molar-refractivity contribution in [2.24, 2.45) is 5.92 Å². The Morgan fingerprint density at radius 3 is 2.15 bits per heavy atom. The van der Waals surface area contributed by atoms with Gasteiger partial charge in [-0.25, -0.2) is 4.39 Å². The largest absolute Gasteiger partial charge is 0.239 e. The Balaban J connectivity index is 3.25. The van der Waals surface area contributed by atoms with Crippen molar-refractivity contribution in [1.29, 1.82) is 0 Å². The van der Waals surface area contributed by atoms with Crippen molar-refractivity contribution in [3.8, 4) is 0 Å². The normalized spacial score (nSPS) is 13.3. The van der Waals surface area contributed by atoms with Gasteiger partial charge in [-0.2, -0.15) is 0 Å². The third kappa shape index (κ3) is 3.82. The molecule has 1 aromatic carbocycles. The van der Waals surface area contributed by atoms with E-state index < -0.39 is 5.67 Å². The average Bonchev–Trinajstić information content (AvgIpc) is 2.33. The molecule has 1 rings (SSSR count). The molecule has 0 bridgehead atoms. The van der Waals surface area contributed by atoms with Crippen LogP contribution < -0.4 is 0 Å². The van der Waals surface area contributed by atoms with Gasteiger partial charge in [0, 0.05) is 5.92 Å². The van der Waals surface area contributed by atoms with Gasteiger partial charge < -0.3 is 0 Å². The monoisotopic (exact) mass is 274 g/mol. The second-order valence-corrected chi connectivity index (χ2v) is 6.28. The van der Waals surface area contributed by atoms with Crippen molar-refractivity contribution in [2.45, 2.75) is 52.6 Å². The van der Waals surface area contributed by atoms with Crippen LogP contribution in [-0.4, -0.2) is 0 Å². The van der Waals surface area contributed by atoms with Crippen molar-refractivity contribution in [3.05, 3.63) is 59.7 Å². The van der Waals surface area contributed by atoms with Gasteiger partial charge in [-0.3, -0.25) is 0 Å². The van der Waals surface area contributed by atoms with Gasteiger partial charge in [0.1, 0.15) is 5.67 Å². The van der Waals surface area contributed by atoms with Crippen LogP contribution in [0.3, 0.4) is 0 Å². The van der Waals surface area contributed by atoms with Gasteiger partial charge in [0.05, 0.1) is 0 Å². The minimum absolute atomic E-state index is 0.248. The molecule has 0 nitrogen and oxygen atoms in total. The van der Waals surface area contributed by atoms with Crippen LogP contribution in [-0.2, 0) is 5.67 Å². The van der Waals surface area contributed by atoms with Crippen LogP contribution in [0.4, 0.5) is 4.39 Å². The quantitative estimate of drug-likeness (QED) is 0.545. The first-order chi connectivity index (χ1) is 9.18. The molecule has 0 heterocycles. The van der Waals surface area contributed by atoms with Gasteiger partial charge in [0.25, 0.3) is 0 Å². The first-order valence-electron chi connectivity index (χ1n) is 7.28. The Hall–Kier alpha value is -1.37. The summed E-state index contributed by atoms with van der Waals surface area (Å²) in [6.07, 6.45) is 0.987. The van der Waals surface area contributed by atoms with Crippen molar-refractivity contribution < 1.29 is 4.39 Å². The fraction of sp³-hybridized carbons (Fsp3) is 0.474. The Kier molecular flexibility index (Phi) is 5.33. The number of rotatable bonds is 6. The molecule has 110 valence electrons. The van der Waals surface area contributed by atoms with Gasteiger partial charge in [-0.1, -0.05) is 55.5 Å². The van der Waals surface area contributed by atoms with Gasteiger partial charge in [0.2, 0.25) is 0 Å². The third-order valence-electron chi connectivity index (χ3n) is 3.91. The molecule has 0 spiro atoms. The Bertz CT molecular complexity index is 477. The molecule has 0 fully saturated rings. The van der Waals surface area contributed by atoms with E-state index in [0.29, 0.717) is 5.92 Å². The van der Waals surface area contributed by atoms with E-state index in [1.54, 1.807) is 13.8 Å². The Morgan fingerprint density at radius 1 is 1.20 bits per heavy atom. The fourth-order valence-electron chi connectivity index (χ4n) is 2.91. The summed E-state index contributed by atoms with van der Waals surface area (Å²) in [5, 5.41) is 0. The van der Waals surface area contributed by atoms with Crippen LogP contribution in [0.25, 0.3) is 0 Å². The number of allylic oxidation sites excluding steroid dienone is 2. The first kappa shape index (κ1) is 16.7. The van der Waals surface area contributed by atoms with Crippen LogP contribution in [0.1, 0.15) is 58.1 Å². The summed E-state index contributed by atoms with van der Waals surface area (Å²) in [6.45, 7) is 17.7. The number of benzene rings is 1. The van der Waals surface area contributed by atoms with E-state index in [9.17, 15) is 4.39 Å². The van der Waals surface area contributed by atoms with E-state index >= 15 is 0 Å². The van der Waals surface area contributed by atoms with E-state index in [4.69, 9.17) is 0 Å². The maximum Gasteiger partial charge on any atom is 0.130 e. The van der Waals surface area contributed by atoms with Crippen LogP contribution >= 0.6 is 0 Å². The molecule has 1 heteroatoms. The van der Waals surface area contributed by atoms with Gasteiger partial charge >= 0.3 is 0 Å². The molecule has 0 N–H and O–H groups in total. The van der Waals surface area contributed by atoms with Crippen LogP contribution in [0.2, 0.25) is 0 Å². The standard InChI is InChI=1S/C19H27F/c1-8-17(18(13(2)3)14(4)5)15-10-9-11-16(12-15)19(6,7)20/h9-12,17-18H,2,4,8H2,1,3,5-7H3. The predicted molar refractivity (Wildman–Crippen MR) is 86.7 cm³/mol. The van der Waals surface area contributed by atoms with Gasteiger partial charge in [0.15, 0.2) is 0 Å². The first-order valence-corrected chi connectivity index (χ1v) is 7.28. The molecule has 0 aliphatic rings. The highest BCUT2D eigenvalue weighted by Gasteiger charge is 2.25. The van der Waals surface area contributed by atoms with Crippen molar-refractivity contribution in [3.63, 3.8) is 0 Å². The summed E-state index contributed by atoms with van der Waals surface area (Å²) in [6, 6.07) is 7.88. The molecule has 0 saturated carbocycles. The lowest BCUT2D eigenvalue weighted by Gasteiger charge is -2.28. The molecule has 0 amide bonds. The maximum absolute atomic E-state index is 14.2. The third-order valence-corrected chi connectivity index (χ3v) is 3.91. The SMILES string of the molecule is C=C(C)C(C(=C)C)C(CC)c1cccc(C(C)(C)F)c1. The minimum atomic E-state index is -1.31. The number of alkyl halides is 1. The fourth-order valence-corrected chi connectivity index (χ4v) is 2.91. The highest BCUT2D eigenvalue weighted by atomic mass is 19.1. The lowest BCUT2D eigenvalue weighted by atomic mass is 9.76. The summed E-state index contributed by atoms with van der Waals surface area (Å²) in [5.41, 5.74) is 2.84.